The third kappa shape index (κ3) is 4.10. The number of hydrogen-bond acceptors (Lipinski definition) is 4. The van der Waals surface area contributed by atoms with E-state index in [9.17, 15) is 9.59 Å². The van der Waals surface area contributed by atoms with E-state index in [0.717, 1.165) is 87.6 Å². The predicted molar refractivity (Wildman–Crippen MR) is 124 cm³/mol. The van der Waals surface area contributed by atoms with Crippen LogP contribution in [0.5, 0.6) is 0 Å². The summed E-state index contributed by atoms with van der Waals surface area (Å²) in [7, 11) is 0. The normalized spacial score (nSPS) is 35.2. The molecule has 1 aromatic heterocycles. The highest BCUT2D eigenvalue weighted by Gasteiger charge is 2.54. The Hall–Kier alpha value is -1.92. The van der Waals surface area contributed by atoms with E-state index in [1.54, 1.807) is 0 Å². The van der Waals surface area contributed by atoms with Gasteiger partial charge in [0.25, 0.3) is 0 Å². The predicted octanol–water partition coefficient (Wildman–Crippen LogP) is 3.43. The highest BCUT2D eigenvalue weighted by atomic mass is 16.2. The molecular weight excluding hydrogens is 414 g/mol. The molecule has 0 radical (unpaired) electrons. The van der Waals surface area contributed by atoms with Crippen LogP contribution in [0.4, 0.5) is 0 Å². The Morgan fingerprint density at radius 1 is 0.939 bits per heavy atom. The number of aromatic nitrogens is 3. The maximum absolute atomic E-state index is 13.2. The van der Waals surface area contributed by atoms with Crippen molar-refractivity contribution in [2.24, 2.45) is 23.2 Å². The van der Waals surface area contributed by atoms with Crippen molar-refractivity contribution in [2.45, 2.75) is 95.9 Å². The van der Waals surface area contributed by atoms with Crippen molar-refractivity contribution in [1.82, 2.24) is 25.0 Å². The molecule has 1 N–H and O–H groups in total. The Balaban J connectivity index is 1.03. The van der Waals surface area contributed by atoms with E-state index >= 15 is 0 Å². The quantitative estimate of drug-likeness (QED) is 0.741. The Morgan fingerprint density at radius 3 is 2.45 bits per heavy atom. The molecule has 180 valence electrons. The van der Waals surface area contributed by atoms with Crippen LogP contribution < -0.4 is 5.32 Å². The monoisotopic (exact) mass is 453 g/mol. The number of amides is 2. The second kappa shape index (κ2) is 8.70. The summed E-state index contributed by atoms with van der Waals surface area (Å²) in [4.78, 5) is 28.2. The Bertz CT molecular complexity index is 873. The summed E-state index contributed by atoms with van der Waals surface area (Å²) in [6.45, 7) is 3.04. The number of piperidine rings is 1. The van der Waals surface area contributed by atoms with Gasteiger partial charge in [-0.15, -0.1) is 10.2 Å². The number of carbonyl (C=O) groups is 2. The zero-order valence-corrected chi connectivity index (χ0v) is 19.9. The van der Waals surface area contributed by atoms with Crippen LogP contribution in [0, 0.1) is 23.2 Å². The maximum Gasteiger partial charge on any atom is 0.226 e. The summed E-state index contributed by atoms with van der Waals surface area (Å²) >= 11 is 0. The molecule has 3 heterocycles. The van der Waals surface area contributed by atoms with E-state index < -0.39 is 0 Å². The molecule has 2 amide bonds. The molecule has 7 rings (SSSR count). The molecule has 4 aliphatic carbocycles. The molecule has 1 aromatic rings. The molecule has 0 spiro atoms. The van der Waals surface area contributed by atoms with Crippen molar-refractivity contribution >= 4 is 11.8 Å². The van der Waals surface area contributed by atoms with E-state index in [-0.39, 0.29) is 23.1 Å². The number of hydrogen-bond donors (Lipinski definition) is 1. The van der Waals surface area contributed by atoms with Gasteiger partial charge in [-0.3, -0.25) is 9.59 Å². The van der Waals surface area contributed by atoms with Crippen molar-refractivity contribution in [3.63, 3.8) is 0 Å². The van der Waals surface area contributed by atoms with Crippen LogP contribution in [0.1, 0.15) is 94.6 Å². The van der Waals surface area contributed by atoms with Gasteiger partial charge in [-0.25, -0.2) is 0 Å². The molecule has 4 saturated carbocycles. The van der Waals surface area contributed by atoms with Crippen LogP contribution in [0.15, 0.2) is 0 Å². The summed E-state index contributed by atoms with van der Waals surface area (Å²) in [5.41, 5.74) is -0.125. The van der Waals surface area contributed by atoms with Gasteiger partial charge < -0.3 is 14.8 Å². The number of nitrogens with one attached hydrogen (secondary N) is 1. The SMILES string of the molecule is O=C(CCNC(=O)C12CC3CC(CC(C3)C1)C2)N1CCCC(c2nnc3n2CCCCC3)C1. The minimum Gasteiger partial charge on any atom is -0.355 e. The number of aryl methyl sites for hydroxylation is 1. The summed E-state index contributed by atoms with van der Waals surface area (Å²) in [6, 6.07) is 0. The largest absolute Gasteiger partial charge is 0.355 e. The van der Waals surface area contributed by atoms with Crippen molar-refractivity contribution in [3.05, 3.63) is 11.6 Å². The first kappa shape index (κ1) is 21.6. The Labute approximate surface area is 197 Å². The number of rotatable bonds is 5. The van der Waals surface area contributed by atoms with E-state index in [1.165, 1.54) is 38.5 Å². The maximum atomic E-state index is 13.2. The van der Waals surface area contributed by atoms with E-state index in [0.29, 0.717) is 13.0 Å². The van der Waals surface area contributed by atoms with Gasteiger partial charge in [0, 0.05) is 50.4 Å². The first-order valence-electron chi connectivity index (χ1n) is 13.6. The summed E-state index contributed by atoms with van der Waals surface area (Å²) in [6.07, 6.45) is 14.4. The molecule has 7 heteroatoms. The molecule has 0 aromatic carbocycles. The molecule has 4 bridgehead atoms. The van der Waals surface area contributed by atoms with Crippen molar-refractivity contribution < 1.29 is 9.59 Å². The second-order valence-corrected chi connectivity index (χ2v) is 11.8. The van der Waals surface area contributed by atoms with Crippen molar-refractivity contribution in [1.29, 1.82) is 0 Å². The van der Waals surface area contributed by atoms with E-state index in [4.69, 9.17) is 0 Å². The molecule has 1 unspecified atom stereocenters. The highest BCUT2D eigenvalue weighted by molar-refractivity contribution is 5.84. The van der Waals surface area contributed by atoms with Gasteiger partial charge in [-0.2, -0.15) is 0 Å². The minimum absolute atomic E-state index is 0.125. The fourth-order valence-electron chi connectivity index (χ4n) is 8.24. The van der Waals surface area contributed by atoms with Crippen LogP contribution in [0.2, 0.25) is 0 Å². The smallest absolute Gasteiger partial charge is 0.226 e. The number of likely N-dealkylation sites (tertiary alicyclic amines) is 1. The van der Waals surface area contributed by atoms with Gasteiger partial charge in [0.1, 0.15) is 11.6 Å². The second-order valence-electron chi connectivity index (χ2n) is 11.8. The fourth-order valence-corrected chi connectivity index (χ4v) is 8.24. The molecule has 33 heavy (non-hydrogen) atoms. The topological polar surface area (TPSA) is 80.1 Å². The first-order valence-corrected chi connectivity index (χ1v) is 13.6. The Morgan fingerprint density at radius 2 is 1.70 bits per heavy atom. The number of carbonyl (C=O) groups excluding carboxylic acids is 2. The lowest BCUT2D eigenvalue weighted by Crippen LogP contribution is -2.54. The Kier molecular flexibility index (Phi) is 5.69. The molecule has 1 saturated heterocycles. The third-order valence-corrected chi connectivity index (χ3v) is 9.42. The molecule has 1 atom stereocenters. The highest BCUT2D eigenvalue weighted by Crippen LogP contribution is 2.60. The molecule has 5 fully saturated rings. The van der Waals surface area contributed by atoms with Gasteiger partial charge in [0.2, 0.25) is 11.8 Å². The average molecular weight is 454 g/mol. The van der Waals surface area contributed by atoms with Gasteiger partial charge in [-0.1, -0.05) is 6.42 Å². The number of nitrogens with zero attached hydrogens (tertiary/aromatic N) is 4. The zero-order valence-electron chi connectivity index (χ0n) is 19.9. The standard InChI is InChI=1S/C26H39N5O2/c32-23(7-8-27-25(33)26-14-18-11-19(15-26)13-20(12-18)16-26)30-9-4-5-21(17-30)24-29-28-22-6-2-1-3-10-31(22)24/h18-21H,1-17H2,(H,27,33). The lowest BCUT2D eigenvalue weighted by atomic mass is 9.49. The lowest BCUT2D eigenvalue weighted by molar-refractivity contribution is -0.146. The first-order chi connectivity index (χ1) is 16.1. The number of fused-ring (bicyclic) bond motifs is 1. The van der Waals surface area contributed by atoms with E-state index in [1.807, 2.05) is 4.90 Å². The van der Waals surface area contributed by atoms with Crippen LogP contribution in [-0.4, -0.2) is 51.1 Å². The van der Waals surface area contributed by atoms with Crippen molar-refractivity contribution in [2.75, 3.05) is 19.6 Å². The fraction of sp³-hybridized carbons (Fsp3) is 0.846. The minimum atomic E-state index is -0.125. The molecule has 7 nitrogen and oxygen atoms in total. The lowest BCUT2D eigenvalue weighted by Gasteiger charge is -2.55. The van der Waals surface area contributed by atoms with E-state index in [2.05, 4.69) is 20.1 Å². The van der Waals surface area contributed by atoms with Gasteiger partial charge in [0.15, 0.2) is 0 Å². The molecular formula is C26H39N5O2. The van der Waals surface area contributed by atoms with Crippen LogP contribution in [-0.2, 0) is 22.6 Å². The van der Waals surface area contributed by atoms with Gasteiger partial charge in [-0.05, 0) is 82.0 Å². The summed E-state index contributed by atoms with van der Waals surface area (Å²) in [5, 5.41) is 12.2. The third-order valence-electron chi connectivity index (χ3n) is 9.42. The van der Waals surface area contributed by atoms with Crippen molar-refractivity contribution in [3.8, 4) is 0 Å². The molecule has 2 aliphatic heterocycles. The van der Waals surface area contributed by atoms with Gasteiger partial charge in [0.05, 0.1) is 0 Å². The average Bonchev–Trinajstić information content (AvgIpc) is 3.06. The van der Waals surface area contributed by atoms with Crippen LogP contribution in [0.25, 0.3) is 0 Å². The zero-order chi connectivity index (χ0) is 22.4. The molecule has 6 aliphatic rings. The van der Waals surface area contributed by atoms with Gasteiger partial charge >= 0.3 is 0 Å². The summed E-state index contributed by atoms with van der Waals surface area (Å²) in [5.74, 6) is 5.18. The summed E-state index contributed by atoms with van der Waals surface area (Å²) < 4.78 is 2.33. The van der Waals surface area contributed by atoms with Crippen LogP contribution in [0.3, 0.4) is 0 Å². The van der Waals surface area contributed by atoms with Crippen LogP contribution >= 0.6 is 0 Å².